The van der Waals surface area contributed by atoms with Crippen molar-refractivity contribution in [1.82, 2.24) is 9.88 Å². The molecule has 1 amide bonds. The summed E-state index contributed by atoms with van der Waals surface area (Å²) in [7, 11) is 0. The Morgan fingerprint density at radius 2 is 1.62 bits per heavy atom. The molecule has 3 atom stereocenters. The van der Waals surface area contributed by atoms with Gasteiger partial charge >= 0.3 is 23.7 Å². The number of nitrogens with zero attached hydrogens (tertiary/aromatic N) is 2. The highest BCUT2D eigenvalue weighted by atomic mass is 16.8. The smallest absolute Gasteiger partial charge is 0.377 e. The molecule has 2 aromatic carbocycles. The molecule has 220 valence electrons. The maximum absolute atomic E-state index is 13.6. The Labute approximate surface area is 241 Å². The number of pyridine rings is 1. The molecule has 2 heterocycles. The molecule has 3 aromatic rings. The maximum atomic E-state index is 13.6. The highest BCUT2D eigenvalue weighted by molar-refractivity contribution is 6.01. The standard InChI is InChI=1S/C30H30N2O10/c1-19(32(17-26(33)34)27(35)24-18-40-30(42-24,28(36)37)29(38)39)23(14-12-20-8-4-2-5-9-20)21-13-15-25(31-16-21)41-22-10-6-3-7-11-22/h2-11,13,15-16,19,23-24H,12,14,17-18H2,1H3,(H,33,34)(H,36,37)(H,38,39). The summed E-state index contributed by atoms with van der Waals surface area (Å²) in [5.41, 5.74) is 1.74. The van der Waals surface area contributed by atoms with E-state index in [4.69, 9.17) is 14.2 Å². The van der Waals surface area contributed by atoms with E-state index in [0.717, 1.165) is 10.5 Å². The van der Waals surface area contributed by atoms with Crippen LogP contribution in [0.5, 0.6) is 11.6 Å². The fraction of sp³-hybridized carbons (Fsp3) is 0.300. The fourth-order valence-corrected chi connectivity index (χ4v) is 4.80. The van der Waals surface area contributed by atoms with Crippen LogP contribution in [0.3, 0.4) is 0 Å². The summed E-state index contributed by atoms with van der Waals surface area (Å²) in [6, 6.07) is 21.4. The molecule has 1 aliphatic heterocycles. The molecule has 1 aromatic heterocycles. The summed E-state index contributed by atoms with van der Waals surface area (Å²) in [6.45, 7) is 0.252. The number of rotatable bonds is 13. The number of para-hydroxylation sites is 1. The van der Waals surface area contributed by atoms with Crippen LogP contribution in [0.2, 0.25) is 0 Å². The zero-order valence-electron chi connectivity index (χ0n) is 22.7. The third-order valence-corrected chi connectivity index (χ3v) is 6.99. The van der Waals surface area contributed by atoms with E-state index in [1.165, 1.54) is 0 Å². The fourth-order valence-electron chi connectivity index (χ4n) is 4.80. The van der Waals surface area contributed by atoms with Gasteiger partial charge < -0.3 is 34.4 Å². The average molecular weight is 579 g/mol. The first-order chi connectivity index (χ1) is 20.1. The van der Waals surface area contributed by atoms with Crippen molar-refractivity contribution in [3.05, 3.63) is 90.1 Å². The molecule has 42 heavy (non-hydrogen) atoms. The lowest BCUT2D eigenvalue weighted by Crippen LogP contribution is -2.52. The van der Waals surface area contributed by atoms with Crippen molar-refractivity contribution in [3.63, 3.8) is 0 Å². The molecule has 12 heteroatoms. The van der Waals surface area contributed by atoms with Crippen LogP contribution in [0.1, 0.15) is 30.4 Å². The molecular weight excluding hydrogens is 548 g/mol. The number of aryl methyl sites for hydroxylation is 1. The largest absolute Gasteiger partial charge is 0.480 e. The second kappa shape index (κ2) is 13.2. The molecule has 1 saturated heterocycles. The summed E-state index contributed by atoms with van der Waals surface area (Å²) in [5.74, 6) is -8.66. The van der Waals surface area contributed by atoms with Crippen molar-refractivity contribution >= 4 is 23.8 Å². The molecule has 0 saturated carbocycles. The molecule has 0 aliphatic carbocycles. The summed E-state index contributed by atoms with van der Waals surface area (Å²) in [6.07, 6.45) is 1.04. The van der Waals surface area contributed by atoms with E-state index in [-0.39, 0.29) is 0 Å². The van der Waals surface area contributed by atoms with Crippen molar-refractivity contribution in [1.29, 1.82) is 0 Å². The van der Waals surface area contributed by atoms with E-state index in [1.807, 2.05) is 48.5 Å². The molecule has 0 bridgehead atoms. The number of carboxylic acids is 3. The quantitative estimate of drug-likeness (QED) is 0.254. The summed E-state index contributed by atoms with van der Waals surface area (Å²) < 4.78 is 15.8. The van der Waals surface area contributed by atoms with Crippen LogP contribution < -0.4 is 4.74 Å². The van der Waals surface area contributed by atoms with Gasteiger partial charge in [-0.3, -0.25) is 9.59 Å². The van der Waals surface area contributed by atoms with E-state index in [2.05, 4.69) is 4.98 Å². The lowest BCUT2D eigenvalue weighted by atomic mass is 9.86. The number of hydrogen-bond acceptors (Lipinski definition) is 8. The summed E-state index contributed by atoms with van der Waals surface area (Å²) in [5, 5.41) is 28.4. The van der Waals surface area contributed by atoms with Crippen LogP contribution in [0, 0.1) is 0 Å². The first-order valence-corrected chi connectivity index (χ1v) is 13.1. The molecule has 3 N–H and O–H groups in total. The predicted molar refractivity (Wildman–Crippen MR) is 146 cm³/mol. The maximum Gasteiger partial charge on any atom is 0.377 e. The van der Waals surface area contributed by atoms with Gasteiger partial charge in [-0.1, -0.05) is 54.6 Å². The Morgan fingerprint density at radius 3 is 2.17 bits per heavy atom. The Kier molecular flexibility index (Phi) is 9.50. The van der Waals surface area contributed by atoms with Crippen LogP contribution >= 0.6 is 0 Å². The Hall–Kier alpha value is -4.81. The first kappa shape index (κ1) is 30.2. The Bertz CT molecular complexity index is 1380. The van der Waals surface area contributed by atoms with Crippen LogP contribution in [-0.2, 0) is 35.1 Å². The van der Waals surface area contributed by atoms with Gasteiger partial charge in [-0.25, -0.2) is 14.6 Å². The molecule has 4 rings (SSSR count). The normalized spacial score (nSPS) is 17.1. The highest BCUT2D eigenvalue weighted by Crippen LogP contribution is 2.32. The van der Waals surface area contributed by atoms with Crippen molar-refractivity contribution in [3.8, 4) is 11.6 Å². The van der Waals surface area contributed by atoms with Gasteiger partial charge in [-0.15, -0.1) is 0 Å². The molecule has 3 unspecified atom stereocenters. The molecule has 0 spiro atoms. The van der Waals surface area contributed by atoms with Crippen LogP contribution in [0.15, 0.2) is 79.0 Å². The van der Waals surface area contributed by atoms with Gasteiger partial charge in [-0.05, 0) is 43.0 Å². The molecular formula is C30H30N2O10. The van der Waals surface area contributed by atoms with Gasteiger partial charge in [0.2, 0.25) is 5.88 Å². The van der Waals surface area contributed by atoms with Crippen molar-refractivity contribution in [2.75, 3.05) is 13.2 Å². The second-order valence-electron chi connectivity index (χ2n) is 9.72. The predicted octanol–water partition coefficient (Wildman–Crippen LogP) is 3.17. The van der Waals surface area contributed by atoms with Crippen LogP contribution in [0.25, 0.3) is 0 Å². The lowest BCUT2D eigenvalue weighted by Gasteiger charge is -2.35. The number of carbonyl (C=O) groups excluding carboxylic acids is 1. The second-order valence-corrected chi connectivity index (χ2v) is 9.72. The number of benzene rings is 2. The van der Waals surface area contributed by atoms with Crippen molar-refractivity contribution in [2.45, 2.75) is 43.6 Å². The summed E-state index contributed by atoms with van der Waals surface area (Å²) in [4.78, 5) is 54.1. The number of aromatic nitrogens is 1. The minimum atomic E-state index is -3.07. The van der Waals surface area contributed by atoms with Crippen LogP contribution in [0.4, 0.5) is 0 Å². The SMILES string of the molecule is CC(C(CCc1ccccc1)c1ccc(Oc2ccccc2)nc1)N(CC(=O)O)C(=O)C1COC(C(=O)O)(C(=O)O)O1. The van der Waals surface area contributed by atoms with E-state index in [9.17, 15) is 34.5 Å². The van der Waals surface area contributed by atoms with Gasteiger partial charge in [0.25, 0.3) is 5.91 Å². The van der Waals surface area contributed by atoms with E-state index in [0.29, 0.717) is 30.0 Å². The van der Waals surface area contributed by atoms with Gasteiger partial charge in [0.15, 0.2) is 6.10 Å². The van der Waals surface area contributed by atoms with Gasteiger partial charge in [-0.2, -0.15) is 0 Å². The third kappa shape index (κ3) is 6.90. The molecule has 1 aliphatic rings. The van der Waals surface area contributed by atoms with Crippen molar-refractivity contribution < 1.29 is 48.7 Å². The van der Waals surface area contributed by atoms with E-state index >= 15 is 0 Å². The monoisotopic (exact) mass is 578 g/mol. The molecule has 0 radical (unpaired) electrons. The number of amides is 1. The van der Waals surface area contributed by atoms with Gasteiger partial charge in [0.1, 0.15) is 12.3 Å². The number of aliphatic carboxylic acids is 3. The van der Waals surface area contributed by atoms with Crippen molar-refractivity contribution in [2.24, 2.45) is 0 Å². The van der Waals surface area contributed by atoms with E-state index < -0.39 is 60.8 Å². The minimum Gasteiger partial charge on any atom is -0.480 e. The lowest BCUT2D eigenvalue weighted by molar-refractivity contribution is -0.218. The Morgan fingerprint density at radius 1 is 0.976 bits per heavy atom. The third-order valence-electron chi connectivity index (χ3n) is 6.99. The molecule has 1 fully saturated rings. The van der Waals surface area contributed by atoms with E-state index in [1.54, 1.807) is 37.4 Å². The topological polar surface area (TPSA) is 173 Å². The highest BCUT2D eigenvalue weighted by Gasteiger charge is 2.58. The number of carboxylic acid groups (broad SMARTS) is 3. The van der Waals surface area contributed by atoms with Crippen LogP contribution in [-0.4, -0.2) is 80.1 Å². The van der Waals surface area contributed by atoms with Gasteiger partial charge in [0, 0.05) is 24.2 Å². The van der Waals surface area contributed by atoms with Gasteiger partial charge in [0.05, 0.1) is 6.61 Å². The Balaban J connectivity index is 1.61. The molecule has 12 nitrogen and oxygen atoms in total. The number of carbonyl (C=O) groups is 4. The first-order valence-electron chi connectivity index (χ1n) is 13.1. The number of hydrogen-bond donors (Lipinski definition) is 3. The summed E-state index contributed by atoms with van der Waals surface area (Å²) >= 11 is 0. The zero-order valence-corrected chi connectivity index (χ0v) is 22.7. The average Bonchev–Trinajstić information content (AvgIpc) is 3.45. The minimum absolute atomic E-state index is 0.341. The zero-order chi connectivity index (χ0) is 30.3. The number of ether oxygens (including phenoxy) is 3.